The normalized spacial score (nSPS) is 10.8. The van der Waals surface area contributed by atoms with Gasteiger partial charge in [0.25, 0.3) is 0 Å². The van der Waals surface area contributed by atoms with Crippen LogP contribution in [0.2, 0.25) is 0 Å². The zero-order chi connectivity index (χ0) is 13.0. The number of aromatic nitrogens is 3. The molecule has 0 atom stereocenters. The quantitative estimate of drug-likeness (QED) is 0.875. The van der Waals surface area contributed by atoms with Crippen molar-refractivity contribution in [3.8, 4) is 0 Å². The number of rotatable bonds is 5. The first kappa shape index (κ1) is 12.8. The second-order valence-electron chi connectivity index (χ2n) is 4.68. The first-order valence-electron chi connectivity index (χ1n) is 6.34. The van der Waals surface area contributed by atoms with Crippen molar-refractivity contribution in [2.45, 2.75) is 33.9 Å². The second-order valence-corrected chi connectivity index (χ2v) is 4.68. The minimum atomic E-state index is 0.779. The van der Waals surface area contributed by atoms with Gasteiger partial charge in [0.2, 0.25) is 0 Å². The lowest BCUT2D eigenvalue weighted by molar-refractivity contribution is 0.647. The van der Waals surface area contributed by atoms with Gasteiger partial charge in [0.05, 0.1) is 18.4 Å². The zero-order valence-electron chi connectivity index (χ0n) is 11.3. The summed E-state index contributed by atoms with van der Waals surface area (Å²) in [6, 6.07) is 6.57. The lowest BCUT2D eigenvalue weighted by atomic mass is 10.1. The van der Waals surface area contributed by atoms with Crippen molar-refractivity contribution in [1.29, 1.82) is 0 Å². The Morgan fingerprint density at radius 2 is 1.89 bits per heavy atom. The molecule has 0 amide bonds. The van der Waals surface area contributed by atoms with Crippen LogP contribution in [0.25, 0.3) is 0 Å². The number of nitrogens with zero attached hydrogens (tertiary/aromatic N) is 3. The van der Waals surface area contributed by atoms with Gasteiger partial charge in [0.15, 0.2) is 0 Å². The number of benzene rings is 1. The Bertz CT molecular complexity index is 496. The van der Waals surface area contributed by atoms with Crippen LogP contribution in [0.4, 0.5) is 0 Å². The number of hydrogen-bond acceptors (Lipinski definition) is 3. The molecule has 4 heteroatoms. The maximum atomic E-state index is 4.15. The summed E-state index contributed by atoms with van der Waals surface area (Å²) in [6.45, 7) is 8.83. The largest absolute Gasteiger partial charge is 0.311 e. The summed E-state index contributed by atoms with van der Waals surface area (Å²) in [5.74, 6) is 0. The first-order valence-corrected chi connectivity index (χ1v) is 6.34. The first-order chi connectivity index (χ1) is 8.67. The van der Waals surface area contributed by atoms with Crippen molar-refractivity contribution >= 4 is 0 Å². The molecule has 0 spiro atoms. The number of aryl methyl sites for hydroxylation is 2. The molecule has 0 fully saturated rings. The number of hydrogen-bond donors (Lipinski definition) is 1. The number of nitrogens with one attached hydrogen (secondary N) is 1. The summed E-state index contributed by atoms with van der Waals surface area (Å²) in [5, 5.41) is 11.5. The molecule has 0 saturated carbocycles. The van der Waals surface area contributed by atoms with Gasteiger partial charge in [-0.3, -0.25) is 0 Å². The van der Waals surface area contributed by atoms with Crippen molar-refractivity contribution in [3.05, 3.63) is 46.8 Å². The average molecular weight is 244 g/mol. The third kappa shape index (κ3) is 3.40. The van der Waals surface area contributed by atoms with E-state index in [0.717, 1.165) is 25.3 Å². The van der Waals surface area contributed by atoms with E-state index in [9.17, 15) is 0 Å². The molecule has 96 valence electrons. The van der Waals surface area contributed by atoms with Crippen LogP contribution in [-0.4, -0.2) is 21.5 Å². The van der Waals surface area contributed by atoms with Crippen LogP contribution >= 0.6 is 0 Å². The topological polar surface area (TPSA) is 42.7 Å². The molecule has 18 heavy (non-hydrogen) atoms. The van der Waals surface area contributed by atoms with Gasteiger partial charge in [-0.1, -0.05) is 41.5 Å². The van der Waals surface area contributed by atoms with Crippen LogP contribution in [0, 0.1) is 13.8 Å². The van der Waals surface area contributed by atoms with E-state index in [4.69, 9.17) is 0 Å². The molecule has 1 N–H and O–H groups in total. The Balaban J connectivity index is 2.06. The van der Waals surface area contributed by atoms with Crippen LogP contribution in [-0.2, 0) is 13.1 Å². The monoisotopic (exact) mass is 244 g/mol. The molecule has 2 aromatic rings. The molecule has 1 aromatic carbocycles. The molecule has 0 aliphatic carbocycles. The van der Waals surface area contributed by atoms with Crippen molar-refractivity contribution in [2.75, 3.05) is 6.54 Å². The molecule has 0 aliphatic rings. The summed E-state index contributed by atoms with van der Waals surface area (Å²) in [6.07, 6.45) is 2.00. The van der Waals surface area contributed by atoms with Gasteiger partial charge in [0.1, 0.15) is 0 Å². The van der Waals surface area contributed by atoms with Crippen LogP contribution in [0.5, 0.6) is 0 Å². The third-order valence-corrected chi connectivity index (χ3v) is 2.77. The van der Waals surface area contributed by atoms with E-state index in [1.54, 1.807) is 0 Å². The molecule has 0 radical (unpaired) electrons. The SMILES string of the molecule is CCNCc1cn(Cc2cc(C)cc(C)c2)nn1. The molecular weight excluding hydrogens is 224 g/mol. The van der Waals surface area contributed by atoms with Crippen LogP contribution in [0.1, 0.15) is 29.3 Å². The zero-order valence-corrected chi connectivity index (χ0v) is 11.3. The molecule has 2 rings (SSSR count). The summed E-state index contributed by atoms with van der Waals surface area (Å²) >= 11 is 0. The van der Waals surface area contributed by atoms with Gasteiger partial charge in [-0.2, -0.15) is 0 Å². The van der Waals surface area contributed by atoms with Crippen molar-refractivity contribution in [2.24, 2.45) is 0 Å². The predicted octanol–water partition coefficient (Wildman–Crippen LogP) is 2.05. The fourth-order valence-electron chi connectivity index (χ4n) is 2.10. The van der Waals surface area contributed by atoms with Crippen LogP contribution < -0.4 is 5.32 Å². The summed E-state index contributed by atoms with van der Waals surface area (Å²) in [4.78, 5) is 0. The lowest BCUT2D eigenvalue weighted by Gasteiger charge is -2.04. The average Bonchev–Trinajstić information content (AvgIpc) is 2.72. The van der Waals surface area contributed by atoms with E-state index in [1.165, 1.54) is 16.7 Å². The highest BCUT2D eigenvalue weighted by molar-refractivity contribution is 5.28. The third-order valence-electron chi connectivity index (χ3n) is 2.77. The molecule has 0 bridgehead atoms. The van der Waals surface area contributed by atoms with Crippen molar-refractivity contribution in [3.63, 3.8) is 0 Å². The summed E-state index contributed by atoms with van der Waals surface area (Å²) in [5.41, 5.74) is 4.84. The van der Waals surface area contributed by atoms with Gasteiger partial charge in [-0.15, -0.1) is 5.10 Å². The molecule has 1 aromatic heterocycles. The van der Waals surface area contributed by atoms with E-state index < -0.39 is 0 Å². The molecule has 0 unspecified atom stereocenters. The highest BCUT2D eigenvalue weighted by Gasteiger charge is 2.02. The maximum Gasteiger partial charge on any atom is 0.0964 e. The van der Waals surface area contributed by atoms with Gasteiger partial charge < -0.3 is 5.32 Å². The molecule has 0 aliphatic heterocycles. The molecule has 0 saturated heterocycles. The van der Waals surface area contributed by atoms with Gasteiger partial charge in [-0.25, -0.2) is 4.68 Å². The van der Waals surface area contributed by atoms with Gasteiger partial charge in [-0.05, 0) is 26.0 Å². The highest BCUT2D eigenvalue weighted by atomic mass is 15.4. The standard InChI is InChI=1S/C14H20N4/c1-4-15-8-14-10-18(17-16-14)9-13-6-11(2)5-12(3)7-13/h5-7,10,15H,4,8-9H2,1-3H3. The van der Waals surface area contributed by atoms with Crippen molar-refractivity contribution < 1.29 is 0 Å². The predicted molar refractivity (Wildman–Crippen MR) is 72.4 cm³/mol. The highest BCUT2D eigenvalue weighted by Crippen LogP contribution is 2.10. The molecule has 1 heterocycles. The van der Waals surface area contributed by atoms with Gasteiger partial charge in [0, 0.05) is 6.54 Å². The fraction of sp³-hybridized carbons (Fsp3) is 0.429. The minimum absolute atomic E-state index is 0.779. The maximum absolute atomic E-state index is 4.15. The van der Waals surface area contributed by atoms with E-state index >= 15 is 0 Å². The van der Waals surface area contributed by atoms with Crippen LogP contribution in [0.3, 0.4) is 0 Å². The smallest absolute Gasteiger partial charge is 0.0964 e. The second kappa shape index (κ2) is 5.78. The van der Waals surface area contributed by atoms with Crippen molar-refractivity contribution in [1.82, 2.24) is 20.3 Å². The summed E-state index contributed by atoms with van der Waals surface area (Å²) < 4.78 is 1.89. The lowest BCUT2D eigenvalue weighted by Crippen LogP contribution is -2.11. The fourth-order valence-corrected chi connectivity index (χ4v) is 2.10. The van der Waals surface area contributed by atoms with E-state index in [0.29, 0.717) is 0 Å². The molecule has 4 nitrogen and oxygen atoms in total. The van der Waals surface area contributed by atoms with E-state index in [-0.39, 0.29) is 0 Å². The van der Waals surface area contributed by atoms with Gasteiger partial charge >= 0.3 is 0 Å². The Hall–Kier alpha value is -1.68. The Labute approximate surface area is 108 Å². The van der Waals surface area contributed by atoms with E-state index in [1.807, 2.05) is 10.9 Å². The van der Waals surface area contributed by atoms with E-state index in [2.05, 4.69) is 54.6 Å². The Morgan fingerprint density at radius 1 is 1.17 bits per heavy atom. The Morgan fingerprint density at radius 3 is 2.56 bits per heavy atom. The van der Waals surface area contributed by atoms with Crippen LogP contribution in [0.15, 0.2) is 24.4 Å². The minimum Gasteiger partial charge on any atom is -0.311 e. The Kier molecular flexibility index (Phi) is 4.10. The summed E-state index contributed by atoms with van der Waals surface area (Å²) in [7, 11) is 0. The molecular formula is C14H20N4.